The number of rotatable bonds is 4. The number of allylic oxidation sites excluding steroid dienone is 2. The Bertz CT molecular complexity index is 723. The van der Waals surface area contributed by atoms with Crippen LogP contribution in [0.2, 0.25) is 0 Å². The fraction of sp³-hybridized carbons (Fsp3) is 0.474. The van der Waals surface area contributed by atoms with Gasteiger partial charge >= 0.3 is 0 Å². The molecule has 1 aliphatic heterocycles. The first-order valence-corrected chi connectivity index (χ1v) is 8.61. The topological polar surface area (TPSA) is 58.6 Å². The maximum atomic E-state index is 12.9. The van der Waals surface area contributed by atoms with Crippen molar-refractivity contribution in [3.8, 4) is 5.75 Å². The van der Waals surface area contributed by atoms with Crippen molar-refractivity contribution in [2.45, 2.75) is 6.42 Å². The molecule has 24 heavy (non-hydrogen) atoms. The van der Waals surface area contributed by atoms with E-state index in [2.05, 4.69) is 17.5 Å². The number of amides is 2. The summed E-state index contributed by atoms with van der Waals surface area (Å²) in [5.41, 5.74) is 0.791. The van der Waals surface area contributed by atoms with Crippen molar-refractivity contribution in [1.29, 1.82) is 0 Å². The number of likely N-dealkylation sites (tertiary alicyclic amines) is 1. The number of anilines is 1. The molecule has 5 nitrogen and oxygen atoms in total. The van der Waals surface area contributed by atoms with E-state index in [1.165, 1.54) is 11.3 Å². The Morgan fingerprint density at radius 1 is 1.08 bits per heavy atom. The lowest BCUT2D eigenvalue weighted by atomic mass is 9.63. The van der Waals surface area contributed by atoms with Gasteiger partial charge in [0, 0.05) is 0 Å². The van der Waals surface area contributed by atoms with Crippen LogP contribution in [0.3, 0.4) is 0 Å². The number of para-hydroxylation sites is 2. The van der Waals surface area contributed by atoms with E-state index < -0.39 is 0 Å². The van der Waals surface area contributed by atoms with Gasteiger partial charge in [-0.2, -0.15) is 0 Å². The molecule has 0 spiro atoms. The Balaban J connectivity index is 1.37. The van der Waals surface area contributed by atoms with Gasteiger partial charge in [0.2, 0.25) is 11.8 Å². The molecule has 0 unspecified atom stereocenters. The molecule has 1 saturated heterocycles. The van der Waals surface area contributed by atoms with E-state index in [0.717, 1.165) is 5.69 Å². The van der Waals surface area contributed by atoms with E-state index in [-0.39, 0.29) is 42.2 Å². The minimum absolute atomic E-state index is 0.00269. The Morgan fingerprint density at radius 2 is 1.71 bits per heavy atom. The molecule has 5 aliphatic rings. The first-order valence-electron chi connectivity index (χ1n) is 8.61. The normalized spacial score (nSPS) is 38.1. The first-order chi connectivity index (χ1) is 11.7. The molecule has 2 amide bonds. The van der Waals surface area contributed by atoms with Crippen molar-refractivity contribution in [2.24, 2.45) is 35.5 Å². The van der Waals surface area contributed by atoms with E-state index in [4.69, 9.17) is 4.74 Å². The molecule has 1 N–H and O–H groups in total. The Kier molecular flexibility index (Phi) is 2.84. The molecule has 124 valence electrons. The Labute approximate surface area is 140 Å². The van der Waals surface area contributed by atoms with Gasteiger partial charge in [0.05, 0.1) is 31.3 Å². The van der Waals surface area contributed by atoms with Crippen LogP contribution in [0, 0.1) is 35.5 Å². The van der Waals surface area contributed by atoms with Gasteiger partial charge in [0.1, 0.15) is 5.75 Å². The lowest BCUT2D eigenvalue weighted by Crippen LogP contribution is -2.40. The third kappa shape index (κ3) is 1.75. The molecule has 0 radical (unpaired) electrons. The van der Waals surface area contributed by atoms with Gasteiger partial charge in [-0.3, -0.25) is 14.5 Å². The summed E-state index contributed by atoms with van der Waals surface area (Å²) >= 11 is 0. The van der Waals surface area contributed by atoms with Crippen LogP contribution in [-0.4, -0.2) is 30.5 Å². The maximum Gasteiger partial charge on any atom is 0.235 e. The molecule has 1 aromatic rings. The fourth-order valence-corrected chi connectivity index (χ4v) is 5.13. The van der Waals surface area contributed by atoms with Crippen molar-refractivity contribution in [3.63, 3.8) is 0 Å². The summed E-state index contributed by atoms with van der Waals surface area (Å²) in [4.78, 5) is 27.2. The highest BCUT2D eigenvalue weighted by atomic mass is 16.5. The average molecular weight is 324 g/mol. The van der Waals surface area contributed by atoms with Crippen LogP contribution in [0.1, 0.15) is 6.42 Å². The summed E-state index contributed by atoms with van der Waals surface area (Å²) in [6.45, 7) is 0.208. The van der Waals surface area contributed by atoms with E-state index >= 15 is 0 Å². The number of ether oxygens (including phenoxy) is 1. The van der Waals surface area contributed by atoms with Gasteiger partial charge in [-0.1, -0.05) is 24.3 Å². The quantitative estimate of drug-likeness (QED) is 0.681. The molecule has 6 atom stereocenters. The number of benzene rings is 1. The van der Waals surface area contributed by atoms with Crippen LogP contribution in [-0.2, 0) is 9.59 Å². The van der Waals surface area contributed by atoms with Gasteiger partial charge in [-0.15, -0.1) is 0 Å². The zero-order valence-corrected chi connectivity index (χ0v) is 13.5. The fourth-order valence-electron chi connectivity index (χ4n) is 5.13. The number of imide groups is 1. The van der Waals surface area contributed by atoms with E-state index in [9.17, 15) is 9.59 Å². The Hall–Kier alpha value is -2.30. The zero-order chi connectivity index (χ0) is 16.4. The SMILES string of the molecule is COc1ccccc1NCN1C(=O)[C@@H]2[C@H]3C=C[C@@H]([C@@H]4C[C@@H]34)[C@@H]2C1=O. The number of carbonyl (C=O) groups excluding carboxylic acids is 2. The molecule has 2 bridgehead atoms. The standard InChI is InChI=1S/C19H20N2O3/c1-24-15-5-3-2-4-14(15)20-9-21-18(22)16-10-6-7-11(13-8-12(10)13)17(16)19(21)23/h2-7,10-13,16-17,20H,8-9H2,1H3/t10-,11-,12-,13-,16-,17+/m0/s1. The second kappa shape index (κ2) is 4.85. The molecule has 1 aromatic carbocycles. The molecule has 2 saturated carbocycles. The largest absolute Gasteiger partial charge is 0.495 e. The highest BCUT2D eigenvalue weighted by Gasteiger charge is 2.66. The summed E-state index contributed by atoms with van der Waals surface area (Å²) in [5.74, 6) is 2.27. The number of nitrogens with one attached hydrogen (secondary N) is 1. The lowest BCUT2D eigenvalue weighted by molar-refractivity contribution is -0.139. The summed E-state index contributed by atoms with van der Waals surface area (Å²) in [5, 5.41) is 3.19. The van der Waals surface area contributed by atoms with Crippen molar-refractivity contribution >= 4 is 17.5 Å². The second-order valence-corrected chi connectivity index (χ2v) is 7.29. The van der Waals surface area contributed by atoms with Crippen LogP contribution >= 0.6 is 0 Å². The van der Waals surface area contributed by atoms with Gasteiger partial charge in [0.15, 0.2) is 0 Å². The van der Waals surface area contributed by atoms with Gasteiger partial charge in [-0.05, 0) is 42.2 Å². The van der Waals surface area contributed by atoms with Gasteiger partial charge in [-0.25, -0.2) is 0 Å². The van der Waals surface area contributed by atoms with Crippen LogP contribution in [0.4, 0.5) is 5.69 Å². The zero-order valence-electron chi connectivity index (χ0n) is 13.5. The third-order valence-electron chi connectivity index (χ3n) is 6.29. The molecule has 4 aliphatic carbocycles. The smallest absolute Gasteiger partial charge is 0.235 e. The summed E-state index contributed by atoms with van der Waals surface area (Å²) in [7, 11) is 1.61. The lowest BCUT2D eigenvalue weighted by Gasteiger charge is -2.37. The molecule has 0 aromatic heterocycles. The van der Waals surface area contributed by atoms with E-state index in [0.29, 0.717) is 17.6 Å². The third-order valence-corrected chi connectivity index (χ3v) is 6.29. The van der Waals surface area contributed by atoms with Crippen LogP contribution in [0.15, 0.2) is 36.4 Å². The first kappa shape index (κ1) is 14.1. The highest BCUT2D eigenvalue weighted by Crippen LogP contribution is 2.65. The van der Waals surface area contributed by atoms with Gasteiger partial charge < -0.3 is 10.1 Å². The van der Waals surface area contributed by atoms with Crippen molar-refractivity contribution in [1.82, 2.24) is 4.90 Å². The molecular weight excluding hydrogens is 304 g/mol. The minimum Gasteiger partial charge on any atom is -0.495 e. The number of nitrogens with zero attached hydrogens (tertiary/aromatic N) is 1. The molecule has 6 rings (SSSR count). The summed E-state index contributed by atoms with van der Waals surface area (Å²) in [6, 6.07) is 7.53. The van der Waals surface area contributed by atoms with Crippen LogP contribution in [0.25, 0.3) is 0 Å². The molecule has 5 heteroatoms. The maximum absolute atomic E-state index is 12.9. The summed E-state index contributed by atoms with van der Waals surface area (Å²) in [6.07, 6.45) is 5.58. The number of hydrogen-bond donors (Lipinski definition) is 1. The highest BCUT2D eigenvalue weighted by molar-refractivity contribution is 6.06. The van der Waals surface area contributed by atoms with E-state index in [1.54, 1.807) is 7.11 Å². The minimum atomic E-state index is -0.129. The van der Waals surface area contributed by atoms with Gasteiger partial charge in [0.25, 0.3) is 0 Å². The second-order valence-electron chi connectivity index (χ2n) is 7.29. The Morgan fingerprint density at radius 3 is 2.33 bits per heavy atom. The molecule has 1 heterocycles. The van der Waals surface area contributed by atoms with Crippen molar-refractivity contribution in [2.75, 3.05) is 19.1 Å². The van der Waals surface area contributed by atoms with Crippen molar-refractivity contribution < 1.29 is 14.3 Å². The van der Waals surface area contributed by atoms with Crippen LogP contribution < -0.4 is 10.1 Å². The number of hydrogen-bond acceptors (Lipinski definition) is 4. The monoisotopic (exact) mass is 324 g/mol. The molecule has 3 fully saturated rings. The van der Waals surface area contributed by atoms with Crippen LogP contribution in [0.5, 0.6) is 5.75 Å². The number of carbonyl (C=O) groups is 2. The van der Waals surface area contributed by atoms with Crippen molar-refractivity contribution in [3.05, 3.63) is 36.4 Å². The number of methoxy groups -OCH3 is 1. The predicted molar refractivity (Wildman–Crippen MR) is 88.0 cm³/mol. The van der Waals surface area contributed by atoms with E-state index in [1.807, 2.05) is 24.3 Å². The predicted octanol–water partition coefficient (Wildman–Crippen LogP) is 2.12. The summed E-state index contributed by atoms with van der Waals surface area (Å²) < 4.78 is 5.31. The average Bonchev–Trinajstić information content (AvgIpc) is 3.39. The molecular formula is C19H20N2O3.